The lowest BCUT2D eigenvalue weighted by atomic mass is 9.99. The molecule has 0 amide bonds. The Labute approximate surface area is 303 Å². The van der Waals surface area contributed by atoms with Crippen molar-refractivity contribution in [2.45, 2.75) is 180 Å². The van der Waals surface area contributed by atoms with Crippen LogP contribution in [0.15, 0.2) is 24.3 Å². The van der Waals surface area contributed by atoms with E-state index in [4.69, 9.17) is 23.1 Å². The molecule has 1 unspecified atom stereocenters. The Balaban J connectivity index is 1.96. The Morgan fingerprint density at radius 2 is 1.20 bits per heavy atom. The second-order valence-corrected chi connectivity index (χ2v) is 27.3. The molecule has 1 aromatic heterocycles. The summed E-state index contributed by atoms with van der Waals surface area (Å²) in [6.45, 7) is 31.1. The molecule has 0 bridgehead atoms. The molecule has 2 heterocycles. The molecule has 1 aliphatic rings. The lowest BCUT2D eigenvalue weighted by Gasteiger charge is -2.45. The Morgan fingerprint density at radius 1 is 0.700 bits per heavy atom. The van der Waals surface area contributed by atoms with Crippen LogP contribution in [-0.2, 0) is 26.6 Å². The first-order valence-electron chi connectivity index (χ1n) is 18.7. The fourth-order valence-corrected chi connectivity index (χ4v) is 19.5. The van der Waals surface area contributed by atoms with E-state index in [9.17, 15) is 15.3 Å². The van der Waals surface area contributed by atoms with E-state index in [1.165, 1.54) is 0 Å². The van der Waals surface area contributed by atoms with Crippen molar-refractivity contribution in [1.29, 1.82) is 0 Å². The summed E-state index contributed by atoms with van der Waals surface area (Å²) in [6.07, 6.45) is -6.02. The number of hydrogen-bond donors (Lipinski definition) is 4. The molecule has 0 saturated carbocycles. The molecular formula is C38H68N2O8Si2. The maximum Gasteiger partial charge on any atom is 0.238 e. The van der Waals surface area contributed by atoms with Gasteiger partial charge in [0.15, 0.2) is 8.32 Å². The number of benzene rings is 1. The van der Waals surface area contributed by atoms with E-state index in [1.54, 1.807) is 0 Å². The lowest BCUT2D eigenvalue weighted by Crippen LogP contribution is -2.61. The van der Waals surface area contributed by atoms with Crippen LogP contribution < -0.4 is 9.47 Å². The zero-order valence-corrected chi connectivity index (χ0v) is 35.2. The largest absolute Gasteiger partial charge is 0.491 e. The van der Waals surface area contributed by atoms with Gasteiger partial charge in [-0.3, -0.25) is 5.10 Å². The quantitative estimate of drug-likeness (QED) is 0.113. The second kappa shape index (κ2) is 17.8. The average Bonchev–Trinajstić information content (AvgIpc) is 3.38. The fraction of sp³-hybridized carbons (Fsp3) is 0.763. The molecular weight excluding hydrogens is 669 g/mol. The second-order valence-electron chi connectivity index (χ2n) is 16.3. The lowest BCUT2D eigenvalue weighted by molar-refractivity contribution is -0.277. The number of rotatable bonds is 18. The molecule has 1 aliphatic heterocycles. The summed E-state index contributed by atoms with van der Waals surface area (Å²) in [7, 11) is -4.51. The maximum absolute atomic E-state index is 11.1. The van der Waals surface area contributed by atoms with Crippen molar-refractivity contribution >= 4 is 16.6 Å². The highest BCUT2D eigenvalue weighted by molar-refractivity contribution is 6.78. The van der Waals surface area contributed by atoms with Crippen molar-refractivity contribution in [3.8, 4) is 11.6 Å². The van der Waals surface area contributed by atoms with E-state index in [0.29, 0.717) is 46.3 Å². The summed E-state index contributed by atoms with van der Waals surface area (Å²) in [5.74, 6) is 1.04. The molecule has 1 aromatic carbocycles. The van der Waals surface area contributed by atoms with Gasteiger partial charge in [0.2, 0.25) is 20.5 Å². The van der Waals surface area contributed by atoms with Crippen LogP contribution in [0.1, 0.15) is 114 Å². The number of ether oxygens (including phenoxy) is 3. The molecule has 4 N–H and O–H groups in total. The van der Waals surface area contributed by atoms with Crippen molar-refractivity contribution in [1.82, 2.24) is 10.2 Å². The van der Waals surface area contributed by atoms with Gasteiger partial charge in [0.05, 0.1) is 25.0 Å². The highest BCUT2D eigenvalue weighted by atomic mass is 28.4. The van der Waals surface area contributed by atoms with Gasteiger partial charge in [-0.2, -0.15) is 0 Å². The van der Waals surface area contributed by atoms with Crippen LogP contribution in [-0.4, -0.2) is 85.6 Å². The minimum atomic E-state index is -2.30. The molecule has 3 rings (SSSR count). The van der Waals surface area contributed by atoms with Gasteiger partial charge in [-0.25, -0.2) is 0 Å². The van der Waals surface area contributed by atoms with E-state index in [1.807, 2.05) is 38.1 Å². The van der Waals surface area contributed by atoms with Gasteiger partial charge in [0.1, 0.15) is 30.2 Å². The first-order valence-corrected chi connectivity index (χ1v) is 23.0. The topological polar surface area (TPSA) is 136 Å². The van der Waals surface area contributed by atoms with Crippen LogP contribution in [0.3, 0.4) is 0 Å². The molecule has 10 nitrogen and oxygen atoms in total. The van der Waals surface area contributed by atoms with Gasteiger partial charge in [-0.15, -0.1) is 5.10 Å². The minimum Gasteiger partial charge on any atom is -0.491 e. The number of hydrogen-bond acceptors (Lipinski definition) is 9. The predicted octanol–water partition coefficient (Wildman–Crippen LogP) is 7.86. The molecule has 286 valence electrons. The molecule has 0 spiro atoms. The van der Waals surface area contributed by atoms with Crippen LogP contribution in [0.4, 0.5) is 0 Å². The Kier molecular flexibility index (Phi) is 15.2. The first kappa shape index (κ1) is 42.6. The van der Waals surface area contributed by atoms with Crippen LogP contribution in [0.25, 0.3) is 0 Å². The van der Waals surface area contributed by atoms with Crippen molar-refractivity contribution < 1.29 is 38.4 Å². The number of aliphatic hydroxyl groups is 3. The Bertz CT molecular complexity index is 1270. The summed E-state index contributed by atoms with van der Waals surface area (Å²) >= 11 is 0. The minimum absolute atomic E-state index is 0.0654. The standard InChI is InChI=1S/C38H68N2O8Si2/c1-22(2)46-30-17-15-29(16-18-30)19-31-32(20-44-49(23(3)4,24(5)6)25(7)8)39-40-37(31)48-38-36(43)35(42)34(41)33(47-38)21-45-50(26(9)10,27(11)12)28(13)14/h15-18,22-28,33-36,38,41-43H,19-21H2,1-14H3,(H,39,40)/t33?,34-,35+,36-,38+/m1/s1. The van der Waals surface area contributed by atoms with Gasteiger partial charge < -0.3 is 38.4 Å². The number of aliphatic hydroxyl groups excluding tert-OH is 3. The maximum atomic E-state index is 11.1. The van der Waals surface area contributed by atoms with Gasteiger partial charge in [0, 0.05) is 12.0 Å². The molecule has 5 atom stereocenters. The summed E-state index contributed by atoms with van der Waals surface area (Å²) in [5, 5.41) is 40.8. The average molecular weight is 737 g/mol. The third-order valence-corrected chi connectivity index (χ3v) is 23.0. The Hall–Kier alpha value is -1.78. The molecule has 12 heteroatoms. The van der Waals surface area contributed by atoms with Crippen LogP contribution in [0.5, 0.6) is 11.6 Å². The number of aromatic nitrogens is 2. The number of nitrogens with zero attached hydrogens (tertiary/aromatic N) is 1. The van der Waals surface area contributed by atoms with E-state index in [0.717, 1.165) is 22.6 Å². The van der Waals surface area contributed by atoms with Gasteiger partial charge in [-0.1, -0.05) is 95.2 Å². The van der Waals surface area contributed by atoms with Crippen LogP contribution >= 0.6 is 0 Å². The molecule has 1 saturated heterocycles. The highest BCUT2D eigenvalue weighted by Gasteiger charge is 2.50. The van der Waals surface area contributed by atoms with Crippen molar-refractivity contribution in [2.75, 3.05) is 6.61 Å². The van der Waals surface area contributed by atoms with E-state index >= 15 is 0 Å². The summed E-state index contributed by atoms with van der Waals surface area (Å²) in [5.41, 5.74) is 4.76. The van der Waals surface area contributed by atoms with E-state index < -0.39 is 47.3 Å². The van der Waals surface area contributed by atoms with Gasteiger partial charge >= 0.3 is 0 Å². The highest BCUT2D eigenvalue weighted by Crippen LogP contribution is 2.44. The summed E-state index contributed by atoms with van der Waals surface area (Å²) in [6, 6.07) is 7.93. The predicted molar refractivity (Wildman–Crippen MR) is 204 cm³/mol. The van der Waals surface area contributed by atoms with Crippen molar-refractivity contribution in [2.24, 2.45) is 0 Å². The van der Waals surface area contributed by atoms with Gasteiger partial charge in [0.25, 0.3) is 0 Å². The zero-order valence-electron chi connectivity index (χ0n) is 33.2. The van der Waals surface area contributed by atoms with Crippen molar-refractivity contribution in [3.63, 3.8) is 0 Å². The van der Waals surface area contributed by atoms with E-state index in [2.05, 4.69) is 93.3 Å². The fourth-order valence-electron chi connectivity index (χ4n) is 8.63. The Morgan fingerprint density at radius 3 is 1.68 bits per heavy atom. The first-order chi connectivity index (χ1) is 23.3. The monoisotopic (exact) mass is 736 g/mol. The third kappa shape index (κ3) is 9.23. The molecule has 0 aliphatic carbocycles. The summed E-state index contributed by atoms with van der Waals surface area (Å²) in [4.78, 5) is 0. The van der Waals surface area contributed by atoms with Crippen LogP contribution in [0, 0.1) is 0 Å². The molecule has 1 fully saturated rings. The summed E-state index contributed by atoms with van der Waals surface area (Å²) < 4.78 is 32.1. The number of aromatic amines is 1. The molecule has 0 radical (unpaired) electrons. The zero-order chi connectivity index (χ0) is 37.7. The number of nitrogens with one attached hydrogen (secondary N) is 1. The smallest absolute Gasteiger partial charge is 0.238 e. The molecule has 50 heavy (non-hydrogen) atoms. The molecule has 2 aromatic rings. The normalized spacial score (nSPS) is 22.3. The van der Waals surface area contributed by atoms with E-state index in [-0.39, 0.29) is 18.6 Å². The van der Waals surface area contributed by atoms with Gasteiger partial charge in [-0.05, 0) is 64.8 Å². The van der Waals surface area contributed by atoms with Crippen LogP contribution in [0.2, 0.25) is 33.2 Å². The van der Waals surface area contributed by atoms with Crippen molar-refractivity contribution in [3.05, 3.63) is 41.1 Å². The third-order valence-electron chi connectivity index (χ3n) is 10.9. The number of H-pyrrole nitrogens is 1. The SMILES string of the molecule is CC(C)Oc1ccc(Cc2c(O[C@@H]3OC(CO[Si](C(C)C)(C(C)C)C(C)C)[C@@H](O)[C@H](O)[C@H]3O)n[nH]c2CO[Si](C(C)C)(C(C)C)C(C)C)cc1.